The molecule has 4 nitrogen and oxygen atoms in total. The highest BCUT2D eigenvalue weighted by molar-refractivity contribution is 6.00. The average Bonchev–Trinajstić information content (AvgIpc) is 2.63. The van der Waals surface area contributed by atoms with Gasteiger partial charge in [-0.25, -0.2) is 0 Å². The second-order valence-corrected chi connectivity index (χ2v) is 7.95. The predicted molar refractivity (Wildman–Crippen MR) is 104 cm³/mol. The van der Waals surface area contributed by atoms with Crippen LogP contribution in [0.5, 0.6) is 0 Å². The second kappa shape index (κ2) is 6.20. The number of carbonyl (C=O) groups is 1. The van der Waals surface area contributed by atoms with E-state index in [0.717, 1.165) is 30.6 Å². The van der Waals surface area contributed by atoms with Gasteiger partial charge in [0, 0.05) is 23.5 Å². The lowest BCUT2D eigenvalue weighted by molar-refractivity contribution is -0.145. The van der Waals surface area contributed by atoms with Gasteiger partial charge in [-0.3, -0.25) is 4.79 Å². The maximum atomic E-state index is 11.6. The van der Waals surface area contributed by atoms with Crippen molar-refractivity contribution in [2.45, 2.75) is 39.0 Å². The molecular formula is C22H24N2O2. The van der Waals surface area contributed by atoms with Crippen molar-refractivity contribution in [2.24, 2.45) is 0 Å². The molecule has 0 aliphatic carbocycles. The third kappa shape index (κ3) is 2.96. The smallest absolute Gasteiger partial charge is 0.322 e. The maximum Gasteiger partial charge on any atom is 0.322 e. The summed E-state index contributed by atoms with van der Waals surface area (Å²) in [5.41, 5.74) is 8.39. The molecule has 0 atom stereocenters. The topological polar surface area (TPSA) is 41.6 Å². The van der Waals surface area contributed by atoms with Crippen LogP contribution in [0.15, 0.2) is 48.2 Å². The van der Waals surface area contributed by atoms with Gasteiger partial charge in [-0.1, -0.05) is 51.1 Å². The normalized spacial score (nSPS) is 18.0. The molecule has 2 heterocycles. The summed E-state index contributed by atoms with van der Waals surface area (Å²) in [6.07, 6.45) is 4.05. The minimum atomic E-state index is -0.171. The summed E-state index contributed by atoms with van der Waals surface area (Å²) in [6, 6.07) is 15.1. The van der Waals surface area contributed by atoms with Gasteiger partial charge >= 0.3 is 5.91 Å². The monoisotopic (exact) mass is 348 g/mol. The van der Waals surface area contributed by atoms with Crippen LogP contribution in [0.1, 0.15) is 43.9 Å². The lowest BCUT2D eigenvalue weighted by atomic mass is 9.85. The minimum Gasteiger partial charge on any atom is -0.373 e. The molecule has 134 valence electrons. The fraction of sp³-hybridized carbons (Fsp3) is 0.318. The standard InChI is InChI=1S/C22H24N2O2/c1-22(2,3)17-11-10-16(13-20-21(25)23-26-20)19(14-17)24-12-6-8-15-7-4-5-9-18(15)24/h4-5,7,9-11,13-14H,6,8,12H2,1-3H3,(H,23,25)/b20-13+. The van der Waals surface area contributed by atoms with Crippen LogP contribution in [0.3, 0.4) is 0 Å². The van der Waals surface area contributed by atoms with Crippen molar-refractivity contribution in [1.29, 1.82) is 0 Å². The van der Waals surface area contributed by atoms with Gasteiger partial charge in [0.1, 0.15) is 0 Å². The summed E-state index contributed by atoms with van der Waals surface area (Å²) in [4.78, 5) is 19.1. The van der Waals surface area contributed by atoms with Gasteiger partial charge in [0.25, 0.3) is 0 Å². The number of para-hydroxylation sites is 1. The largest absolute Gasteiger partial charge is 0.373 e. The Morgan fingerprint density at radius 3 is 2.62 bits per heavy atom. The number of hydroxylamine groups is 1. The Kier molecular flexibility index (Phi) is 3.98. The van der Waals surface area contributed by atoms with E-state index in [1.165, 1.54) is 16.8 Å². The van der Waals surface area contributed by atoms with E-state index < -0.39 is 0 Å². The van der Waals surface area contributed by atoms with Crippen LogP contribution in [0, 0.1) is 0 Å². The van der Waals surface area contributed by atoms with E-state index in [4.69, 9.17) is 4.84 Å². The quantitative estimate of drug-likeness (QED) is 0.814. The van der Waals surface area contributed by atoms with Crippen LogP contribution in [0.4, 0.5) is 11.4 Å². The molecule has 1 saturated heterocycles. The van der Waals surface area contributed by atoms with Gasteiger partial charge < -0.3 is 9.74 Å². The highest BCUT2D eigenvalue weighted by Crippen LogP contribution is 2.38. The Labute approximate surface area is 154 Å². The number of anilines is 2. The van der Waals surface area contributed by atoms with Crippen molar-refractivity contribution in [3.63, 3.8) is 0 Å². The maximum absolute atomic E-state index is 11.6. The van der Waals surface area contributed by atoms with Crippen molar-refractivity contribution in [2.75, 3.05) is 11.4 Å². The molecule has 2 aliphatic rings. The molecule has 0 bridgehead atoms. The zero-order chi connectivity index (χ0) is 18.3. The molecule has 0 unspecified atom stereocenters. The Morgan fingerprint density at radius 1 is 1.12 bits per heavy atom. The Morgan fingerprint density at radius 2 is 1.92 bits per heavy atom. The molecule has 2 aromatic rings. The van der Waals surface area contributed by atoms with Crippen LogP contribution >= 0.6 is 0 Å². The van der Waals surface area contributed by atoms with Gasteiger partial charge in [0.05, 0.1) is 0 Å². The molecule has 26 heavy (non-hydrogen) atoms. The third-order valence-electron chi connectivity index (χ3n) is 5.06. The van der Waals surface area contributed by atoms with Crippen LogP contribution in [0.25, 0.3) is 6.08 Å². The van der Waals surface area contributed by atoms with Gasteiger partial charge in [0.2, 0.25) is 5.76 Å². The summed E-state index contributed by atoms with van der Waals surface area (Å²) in [7, 11) is 0. The first kappa shape index (κ1) is 16.7. The molecule has 2 aromatic carbocycles. The van der Waals surface area contributed by atoms with Crippen molar-refractivity contribution in [3.05, 3.63) is 64.9 Å². The van der Waals surface area contributed by atoms with Crippen molar-refractivity contribution >= 4 is 23.4 Å². The van der Waals surface area contributed by atoms with Gasteiger partial charge in [-0.2, -0.15) is 5.48 Å². The Bertz CT molecular complexity index is 893. The van der Waals surface area contributed by atoms with Gasteiger partial charge in [-0.05, 0) is 47.6 Å². The fourth-order valence-electron chi connectivity index (χ4n) is 3.54. The summed E-state index contributed by atoms with van der Waals surface area (Å²) in [5, 5.41) is 0. The van der Waals surface area contributed by atoms with E-state index in [2.05, 4.69) is 73.6 Å². The second-order valence-electron chi connectivity index (χ2n) is 7.95. The number of benzene rings is 2. The van der Waals surface area contributed by atoms with E-state index in [0.29, 0.717) is 5.76 Å². The molecule has 0 spiro atoms. The molecule has 0 aromatic heterocycles. The predicted octanol–water partition coefficient (Wildman–Crippen LogP) is 4.47. The zero-order valence-electron chi connectivity index (χ0n) is 15.5. The summed E-state index contributed by atoms with van der Waals surface area (Å²) in [5.74, 6) is 0.190. The van der Waals surface area contributed by atoms with E-state index in [-0.39, 0.29) is 11.3 Å². The molecule has 0 radical (unpaired) electrons. The molecular weight excluding hydrogens is 324 g/mol. The Hall–Kier alpha value is -2.75. The highest BCUT2D eigenvalue weighted by atomic mass is 16.7. The number of nitrogens with one attached hydrogen (secondary N) is 1. The molecule has 0 saturated carbocycles. The number of hydrogen-bond donors (Lipinski definition) is 1. The number of aryl methyl sites for hydroxylation is 1. The van der Waals surface area contributed by atoms with Crippen LogP contribution in [-0.4, -0.2) is 12.5 Å². The van der Waals surface area contributed by atoms with E-state index in [1.807, 2.05) is 6.08 Å². The van der Waals surface area contributed by atoms with Crippen molar-refractivity contribution < 1.29 is 9.63 Å². The summed E-state index contributed by atoms with van der Waals surface area (Å²) in [6.45, 7) is 7.62. The van der Waals surface area contributed by atoms with E-state index in [1.54, 1.807) is 0 Å². The minimum absolute atomic E-state index is 0.0556. The number of rotatable bonds is 2. The highest BCUT2D eigenvalue weighted by Gasteiger charge is 2.26. The fourth-order valence-corrected chi connectivity index (χ4v) is 3.54. The zero-order valence-corrected chi connectivity index (χ0v) is 15.5. The first-order valence-corrected chi connectivity index (χ1v) is 9.12. The lowest BCUT2D eigenvalue weighted by Gasteiger charge is -2.34. The van der Waals surface area contributed by atoms with Crippen LogP contribution in [-0.2, 0) is 21.5 Å². The van der Waals surface area contributed by atoms with Crippen LogP contribution in [0.2, 0.25) is 0 Å². The number of carbonyl (C=O) groups excluding carboxylic acids is 1. The van der Waals surface area contributed by atoms with E-state index >= 15 is 0 Å². The lowest BCUT2D eigenvalue weighted by Crippen LogP contribution is -2.38. The van der Waals surface area contributed by atoms with E-state index in [9.17, 15) is 4.79 Å². The molecule has 1 fully saturated rings. The van der Waals surface area contributed by atoms with Gasteiger partial charge in [-0.15, -0.1) is 0 Å². The van der Waals surface area contributed by atoms with Gasteiger partial charge in [0.15, 0.2) is 0 Å². The molecule has 2 aliphatic heterocycles. The summed E-state index contributed by atoms with van der Waals surface area (Å²) < 4.78 is 0. The average molecular weight is 348 g/mol. The van der Waals surface area contributed by atoms with Crippen molar-refractivity contribution in [3.8, 4) is 0 Å². The SMILES string of the molecule is CC(C)(C)c1ccc(/C=C2/ONC2=O)c(N2CCCc3ccccc32)c1. The molecule has 4 rings (SSSR count). The van der Waals surface area contributed by atoms with Crippen molar-refractivity contribution in [1.82, 2.24) is 5.48 Å². The Balaban J connectivity index is 1.85. The number of hydrogen-bond acceptors (Lipinski definition) is 3. The number of amides is 1. The molecule has 1 N–H and O–H groups in total. The number of fused-ring (bicyclic) bond motifs is 1. The molecule has 4 heteroatoms. The van der Waals surface area contributed by atoms with Crippen LogP contribution < -0.4 is 10.4 Å². The summed E-state index contributed by atoms with van der Waals surface area (Å²) >= 11 is 0. The molecule has 1 amide bonds. The first-order chi connectivity index (χ1) is 12.4. The number of nitrogens with zero attached hydrogens (tertiary/aromatic N) is 1. The third-order valence-corrected chi connectivity index (χ3v) is 5.06. The first-order valence-electron chi connectivity index (χ1n) is 9.12.